The highest BCUT2D eigenvalue weighted by atomic mass is 16.6. The SMILES string of the molecule is CC(C)(C)OC(=O)Nc1ccc(O)c(CC2(O)CNC2)c1. The topological polar surface area (TPSA) is 90.8 Å². The Balaban J connectivity index is 2.06. The third-order valence-corrected chi connectivity index (χ3v) is 3.15. The van der Waals surface area contributed by atoms with Crippen LogP contribution in [0.15, 0.2) is 18.2 Å². The predicted octanol–water partition coefficient (Wildman–Crippen LogP) is 1.62. The third kappa shape index (κ3) is 4.34. The van der Waals surface area contributed by atoms with Gasteiger partial charge in [-0.05, 0) is 44.5 Å². The molecule has 4 N–H and O–H groups in total. The maximum atomic E-state index is 11.7. The van der Waals surface area contributed by atoms with E-state index in [0.717, 1.165) is 0 Å². The molecule has 1 fully saturated rings. The molecule has 2 rings (SSSR count). The van der Waals surface area contributed by atoms with Crippen LogP contribution in [0.4, 0.5) is 10.5 Å². The van der Waals surface area contributed by atoms with Crippen LogP contribution in [0, 0.1) is 0 Å². The Morgan fingerprint density at radius 2 is 2.10 bits per heavy atom. The van der Waals surface area contributed by atoms with Gasteiger partial charge in [0.2, 0.25) is 0 Å². The second-order valence-corrected chi connectivity index (χ2v) is 6.48. The van der Waals surface area contributed by atoms with Gasteiger partial charge in [-0.2, -0.15) is 0 Å². The van der Waals surface area contributed by atoms with E-state index in [1.807, 2.05) is 0 Å². The molecule has 1 aliphatic rings. The van der Waals surface area contributed by atoms with Crippen molar-refractivity contribution < 1.29 is 19.7 Å². The van der Waals surface area contributed by atoms with Crippen molar-refractivity contribution in [1.82, 2.24) is 5.32 Å². The minimum Gasteiger partial charge on any atom is -0.508 e. The lowest BCUT2D eigenvalue weighted by Crippen LogP contribution is -2.60. The zero-order chi connectivity index (χ0) is 15.7. The molecule has 1 amide bonds. The maximum Gasteiger partial charge on any atom is 0.412 e. The second kappa shape index (κ2) is 5.54. The molecule has 6 nitrogen and oxygen atoms in total. The molecule has 0 radical (unpaired) electrons. The molecule has 1 aliphatic heterocycles. The average molecular weight is 294 g/mol. The number of carbonyl (C=O) groups is 1. The Bertz CT molecular complexity index is 533. The highest BCUT2D eigenvalue weighted by Crippen LogP contribution is 2.27. The van der Waals surface area contributed by atoms with Gasteiger partial charge in [0.15, 0.2) is 0 Å². The number of benzene rings is 1. The standard InChI is InChI=1S/C15H22N2O4/c1-14(2,3)21-13(19)17-11-4-5-12(18)10(6-11)7-15(20)8-16-9-15/h4-6,16,18,20H,7-9H2,1-3H3,(H,17,19). The Hall–Kier alpha value is -1.79. The lowest BCUT2D eigenvalue weighted by molar-refractivity contribution is -0.00942. The zero-order valence-corrected chi connectivity index (χ0v) is 12.6. The first-order valence-electron chi connectivity index (χ1n) is 6.92. The molecule has 1 aromatic carbocycles. The first-order chi connectivity index (χ1) is 9.67. The highest BCUT2D eigenvalue weighted by molar-refractivity contribution is 5.85. The smallest absolute Gasteiger partial charge is 0.412 e. The number of nitrogens with one attached hydrogen (secondary N) is 2. The van der Waals surface area contributed by atoms with Gasteiger partial charge in [-0.3, -0.25) is 5.32 Å². The number of aliphatic hydroxyl groups is 1. The van der Waals surface area contributed by atoms with Crippen molar-refractivity contribution in [2.45, 2.75) is 38.4 Å². The van der Waals surface area contributed by atoms with Crippen molar-refractivity contribution in [3.05, 3.63) is 23.8 Å². The van der Waals surface area contributed by atoms with Gasteiger partial charge in [-0.1, -0.05) is 0 Å². The van der Waals surface area contributed by atoms with Crippen LogP contribution in [-0.2, 0) is 11.2 Å². The molecule has 0 aromatic heterocycles. The number of anilines is 1. The Morgan fingerprint density at radius 3 is 2.62 bits per heavy atom. The van der Waals surface area contributed by atoms with Crippen LogP contribution >= 0.6 is 0 Å². The quantitative estimate of drug-likeness (QED) is 0.636. The molecule has 0 aliphatic carbocycles. The first-order valence-corrected chi connectivity index (χ1v) is 6.92. The van der Waals surface area contributed by atoms with Crippen molar-refractivity contribution in [2.75, 3.05) is 18.4 Å². The molecule has 1 aromatic rings. The number of carbonyl (C=O) groups excluding carboxylic acids is 1. The molecule has 0 bridgehead atoms. The molecule has 21 heavy (non-hydrogen) atoms. The molecule has 116 valence electrons. The number of ether oxygens (including phenoxy) is 1. The van der Waals surface area contributed by atoms with Gasteiger partial charge < -0.3 is 20.3 Å². The normalized spacial score (nSPS) is 17.0. The summed E-state index contributed by atoms with van der Waals surface area (Å²) in [4.78, 5) is 11.7. The third-order valence-electron chi connectivity index (χ3n) is 3.15. The molecule has 1 saturated heterocycles. The summed E-state index contributed by atoms with van der Waals surface area (Å²) in [5, 5.41) is 25.6. The summed E-state index contributed by atoms with van der Waals surface area (Å²) in [5.41, 5.74) is -0.293. The summed E-state index contributed by atoms with van der Waals surface area (Å²) < 4.78 is 5.17. The van der Waals surface area contributed by atoms with E-state index in [1.54, 1.807) is 32.9 Å². The minimum atomic E-state index is -0.831. The summed E-state index contributed by atoms with van der Waals surface area (Å²) in [5.74, 6) is 0.102. The zero-order valence-electron chi connectivity index (χ0n) is 12.6. The molecule has 0 unspecified atom stereocenters. The fourth-order valence-corrected chi connectivity index (χ4v) is 2.12. The van der Waals surface area contributed by atoms with Crippen molar-refractivity contribution in [3.8, 4) is 5.75 Å². The van der Waals surface area contributed by atoms with Crippen molar-refractivity contribution in [3.63, 3.8) is 0 Å². The van der Waals surface area contributed by atoms with Crippen LogP contribution in [0.2, 0.25) is 0 Å². The van der Waals surface area contributed by atoms with Crippen molar-refractivity contribution >= 4 is 11.8 Å². The van der Waals surface area contributed by atoms with Crippen LogP contribution < -0.4 is 10.6 Å². The molecular formula is C15H22N2O4. The van der Waals surface area contributed by atoms with E-state index in [9.17, 15) is 15.0 Å². The Morgan fingerprint density at radius 1 is 1.43 bits per heavy atom. The van der Waals surface area contributed by atoms with Crippen LogP contribution in [0.3, 0.4) is 0 Å². The number of rotatable bonds is 3. The number of amides is 1. The molecule has 0 saturated carbocycles. The van der Waals surface area contributed by atoms with E-state index in [2.05, 4.69) is 10.6 Å². The fraction of sp³-hybridized carbons (Fsp3) is 0.533. The van der Waals surface area contributed by atoms with Crippen LogP contribution in [0.5, 0.6) is 5.75 Å². The van der Waals surface area contributed by atoms with E-state index in [0.29, 0.717) is 30.8 Å². The van der Waals surface area contributed by atoms with Gasteiger partial charge >= 0.3 is 6.09 Å². The predicted molar refractivity (Wildman–Crippen MR) is 79.5 cm³/mol. The minimum absolute atomic E-state index is 0.102. The summed E-state index contributed by atoms with van der Waals surface area (Å²) >= 11 is 0. The van der Waals surface area contributed by atoms with Crippen molar-refractivity contribution in [1.29, 1.82) is 0 Å². The summed E-state index contributed by atoms with van der Waals surface area (Å²) in [6.07, 6.45) is -0.224. The van der Waals surface area contributed by atoms with Crippen LogP contribution in [-0.4, -0.2) is 40.6 Å². The molecular weight excluding hydrogens is 272 g/mol. The lowest BCUT2D eigenvalue weighted by Gasteiger charge is -2.37. The number of aromatic hydroxyl groups is 1. The lowest BCUT2D eigenvalue weighted by atomic mass is 9.88. The number of phenols is 1. The van der Waals surface area contributed by atoms with E-state index in [4.69, 9.17) is 4.74 Å². The largest absolute Gasteiger partial charge is 0.508 e. The maximum absolute atomic E-state index is 11.7. The Kier molecular flexibility index (Phi) is 4.11. The monoisotopic (exact) mass is 294 g/mol. The van der Waals surface area contributed by atoms with E-state index >= 15 is 0 Å². The van der Waals surface area contributed by atoms with Gasteiger partial charge in [0, 0.05) is 25.2 Å². The highest BCUT2D eigenvalue weighted by Gasteiger charge is 2.35. The van der Waals surface area contributed by atoms with E-state index in [-0.39, 0.29) is 5.75 Å². The molecule has 6 heteroatoms. The van der Waals surface area contributed by atoms with Gasteiger partial charge in [0.25, 0.3) is 0 Å². The number of β-amino-alcohol motifs (C(OH)–C–C–N with tert-alkyl or cyclic N) is 1. The van der Waals surface area contributed by atoms with Gasteiger partial charge in [0.05, 0.1) is 5.60 Å². The van der Waals surface area contributed by atoms with Crippen molar-refractivity contribution in [2.24, 2.45) is 0 Å². The first kappa shape index (κ1) is 15.6. The number of hydrogen-bond donors (Lipinski definition) is 4. The molecule has 0 atom stereocenters. The summed E-state index contributed by atoms with van der Waals surface area (Å²) in [7, 11) is 0. The summed E-state index contributed by atoms with van der Waals surface area (Å²) in [6, 6.07) is 4.73. The van der Waals surface area contributed by atoms with Gasteiger partial charge in [-0.25, -0.2) is 4.79 Å². The fourth-order valence-electron chi connectivity index (χ4n) is 2.12. The number of phenolic OH excluding ortho intramolecular Hbond substituents is 1. The molecule has 1 heterocycles. The van der Waals surface area contributed by atoms with Crippen LogP contribution in [0.1, 0.15) is 26.3 Å². The molecule has 0 spiro atoms. The van der Waals surface area contributed by atoms with Gasteiger partial charge in [0.1, 0.15) is 11.4 Å². The number of hydrogen-bond acceptors (Lipinski definition) is 5. The van der Waals surface area contributed by atoms with E-state index in [1.165, 1.54) is 6.07 Å². The van der Waals surface area contributed by atoms with E-state index < -0.39 is 17.3 Å². The Labute approximate surface area is 124 Å². The second-order valence-electron chi connectivity index (χ2n) is 6.48. The van der Waals surface area contributed by atoms with Gasteiger partial charge in [-0.15, -0.1) is 0 Å². The van der Waals surface area contributed by atoms with Crippen LogP contribution in [0.25, 0.3) is 0 Å². The average Bonchev–Trinajstić information content (AvgIpc) is 2.29. The summed E-state index contributed by atoms with van der Waals surface area (Å²) in [6.45, 7) is 6.35.